The molecule has 0 bridgehead atoms. The van der Waals surface area contributed by atoms with E-state index in [1.807, 2.05) is 0 Å². The molecule has 1 nitrogen and oxygen atoms in total. The van der Waals surface area contributed by atoms with Crippen LogP contribution in [0.5, 0.6) is 0 Å². The molecule has 62 valence electrons. The Morgan fingerprint density at radius 2 is 1.91 bits per heavy atom. The first-order valence-electron chi connectivity index (χ1n) is 3.22. The average molecular weight is 164 g/mol. The minimum absolute atomic E-state index is 0.0256. The maximum absolute atomic E-state index is 11.5. The highest BCUT2D eigenvalue weighted by Crippen LogP contribution is 2.33. The van der Waals surface area contributed by atoms with Crippen molar-refractivity contribution in [3.63, 3.8) is 0 Å². The highest BCUT2D eigenvalue weighted by atomic mass is 19.4. The molecule has 0 spiro atoms. The molecule has 0 heterocycles. The number of halogens is 3. The lowest BCUT2D eigenvalue weighted by molar-refractivity contribution is -0.352. The molecule has 0 aromatic carbocycles. The van der Waals surface area contributed by atoms with Crippen LogP contribution in [0.3, 0.4) is 0 Å². The van der Waals surface area contributed by atoms with E-state index < -0.39 is 12.5 Å². The molecule has 0 aliphatic heterocycles. The fourth-order valence-corrected chi connectivity index (χ4v) is 0.987. The molecular weight excluding hydrogens is 157 g/mol. The van der Waals surface area contributed by atoms with Gasteiger partial charge in [0.15, 0.2) is 0 Å². The van der Waals surface area contributed by atoms with E-state index >= 15 is 0 Å². The van der Waals surface area contributed by atoms with Crippen LogP contribution in [0.1, 0.15) is 12.8 Å². The first kappa shape index (κ1) is 8.41. The molecule has 0 aromatic heterocycles. The zero-order valence-electron chi connectivity index (χ0n) is 5.69. The topological polar surface area (TPSA) is 9.23 Å². The van der Waals surface area contributed by atoms with Crippen LogP contribution in [0.25, 0.3) is 0 Å². The van der Waals surface area contributed by atoms with Crippen molar-refractivity contribution >= 4 is 0 Å². The lowest BCUT2D eigenvalue weighted by Gasteiger charge is -2.31. The molecular formula is C7H7F3O. The predicted molar refractivity (Wildman–Crippen MR) is 32.5 cm³/mol. The second-order valence-corrected chi connectivity index (χ2v) is 2.52. The number of hydrogen-bond acceptors (Lipinski definition) is 1. The first-order valence-corrected chi connectivity index (χ1v) is 3.22. The van der Waals surface area contributed by atoms with Crippen LogP contribution >= 0.6 is 0 Å². The van der Waals surface area contributed by atoms with E-state index in [1.54, 1.807) is 0 Å². The average Bonchev–Trinajstić information content (AvgIpc) is 1.75. The summed E-state index contributed by atoms with van der Waals surface area (Å²) in [6.45, 7) is 0. The number of terminal acetylenes is 1. The molecule has 0 unspecified atom stereocenters. The minimum atomic E-state index is -4.51. The van der Waals surface area contributed by atoms with Crippen molar-refractivity contribution in [1.29, 1.82) is 0 Å². The quantitative estimate of drug-likeness (QED) is 0.538. The fraction of sp³-hybridized carbons (Fsp3) is 0.714. The lowest BCUT2D eigenvalue weighted by Crippen LogP contribution is -2.35. The van der Waals surface area contributed by atoms with Crippen LogP contribution in [-0.4, -0.2) is 12.5 Å². The van der Waals surface area contributed by atoms with Crippen molar-refractivity contribution in [2.45, 2.75) is 25.3 Å². The summed E-state index contributed by atoms with van der Waals surface area (Å²) in [5.74, 6) is 2.34. The second-order valence-electron chi connectivity index (χ2n) is 2.52. The Kier molecular flexibility index (Phi) is 2.10. The van der Waals surface area contributed by atoms with Gasteiger partial charge in [0.2, 0.25) is 0 Å². The van der Waals surface area contributed by atoms with Crippen LogP contribution < -0.4 is 0 Å². The molecule has 0 aromatic rings. The van der Waals surface area contributed by atoms with E-state index in [0.29, 0.717) is 12.8 Å². The van der Waals surface area contributed by atoms with Crippen LogP contribution in [0.2, 0.25) is 0 Å². The van der Waals surface area contributed by atoms with Crippen molar-refractivity contribution in [1.82, 2.24) is 0 Å². The van der Waals surface area contributed by atoms with Gasteiger partial charge in [0.25, 0.3) is 0 Å². The Bertz CT molecular complexity index is 173. The summed E-state index contributed by atoms with van der Waals surface area (Å²) < 4.78 is 38.2. The highest BCUT2D eigenvalue weighted by Gasteiger charge is 2.39. The van der Waals surface area contributed by atoms with Gasteiger partial charge in [0.1, 0.15) is 0 Å². The van der Waals surface area contributed by atoms with E-state index in [4.69, 9.17) is 6.42 Å². The minimum Gasteiger partial charge on any atom is -0.288 e. The van der Waals surface area contributed by atoms with Crippen molar-refractivity contribution in [2.24, 2.45) is 5.92 Å². The molecule has 0 saturated heterocycles. The Hall–Kier alpha value is -0.690. The molecule has 1 rings (SSSR count). The largest absolute Gasteiger partial charge is 0.522 e. The van der Waals surface area contributed by atoms with Crippen LogP contribution in [0.15, 0.2) is 0 Å². The summed E-state index contributed by atoms with van der Waals surface area (Å²) in [6, 6.07) is 0. The molecule has 0 N–H and O–H groups in total. The van der Waals surface area contributed by atoms with Crippen LogP contribution in [0.4, 0.5) is 13.2 Å². The molecule has 1 aliphatic rings. The predicted octanol–water partition coefficient (Wildman–Crippen LogP) is 1.93. The van der Waals surface area contributed by atoms with E-state index in [1.165, 1.54) is 0 Å². The summed E-state index contributed by atoms with van der Waals surface area (Å²) in [6.07, 6.45) is 0.410. The fourth-order valence-electron chi connectivity index (χ4n) is 0.987. The summed E-state index contributed by atoms with van der Waals surface area (Å²) in [5.41, 5.74) is 0. The molecule has 0 radical (unpaired) electrons. The van der Waals surface area contributed by atoms with Gasteiger partial charge in [-0.3, -0.25) is 4.74 Å². The SMILES string of the molecule is C#CC1CC(OC(F)(F)F)C1. The van der Waals surface area contributed by atoms with E-state index in [-0.39, 0.29) is 5.92 Å². The number of hydrogen-bond donors (Lipinski definition) is 0. The van der Waals surface area contributed by atoms with E-state index in [2.05, 4.69) is 10.7 Å². The van der Waals surface area contributed by atoms with Gasteiger partial charge in [-0.05, 0) is 12.8 Å². The van der Waals surface area contributed by atoms with Crippen molar-refractivity contribution < 1.29 is 17.9 Å². The standard InChI is InChI=1S/C7H7F3O/c1-2-5-3-6(4-5)11-7(8,9)10/h1,5-6H,3-4H2. The normalized spacial score (nSPS) is 30.7. The Balaban J connectivity index is 2.20. The zero-order chi connectivity index (χ0) is 8.48. The van der Waals surface area contributed by atoms with Crippen LogP contribution in [-0.2, 0) is 4.74 Å². The van der Waals surface area contributed by atoms with Gasteiger partial charge < -0.3 is 0 Å². The van der Waals surface area contributed by atoms with E-state index in [9.17, 15) is 13.2 Å². The summed E-state index contributed by atoms with van der Waals surface area (Å²) in [7, 11) is 0. The maximum atomic E-state index is 11.5. The van der Waals surface area contributed by atoms with Gasteiger partial charge in [-0.15, -0.1) is 25.5 Å². The van der Waals surface area contributed by atoms with Gasteiger partial charge in [-0.1, -0.05) is 0 Å². The van der Waals surface area contributed by atoms with Crippen molar-refractivity contribution in [3.8, 4) is 12.3 Å². The third kappa shape index (κ3) is 2.43. The lowest BCUT2D eigenvalue weighted by atomic mass is 9.83. The highest BCUT2D eigenvalue weighted by molar-refractivity contribution is 5.01. The summed E-state index contributed by atoms with van der Waals surface area (Å²) in [4.78, 5) is 0. The maximum Gasteiger partial charge on any atom is 0.522 e. The van der Waals surface area contributed by atoms with Gasteiger partial charge in [-0.2, -0.15) is 0 Å². The van der Waals surface area contributed by atoms with Gasteiger partial charge >= 0.3 is 6.36 Å². The summed E-state index contributed by atoms with van der Waals surface area (Å²) in [5, 5.41) is 0. The van der Waals surface area contributed by atoms with Gasteiger partial charge in [-0.25, -0.2) is 0 Å². The number of ether oxygens (including phenoxy) is 1. The molecule has 1 aliphatic carbocycles. The van der Waals surface area contributed by atoms with Crippen molar-refractivity contribution in [2.75, 3.05) is 0 Å². The monoisotopic (exact) mass is 164 g/mol. The first-order chi connectivity index (χ1) is 5.01. The Morgan fingerprint density at radius 3 is 2.27 bits per heavy atom. The van der Waals surface area contributed by atoms with Gasteiger partial charge in [0, 0.05) is 5.92 Å². The zero-order valence-corrected chi connectivity index (χ0v) is 5.69. The third-order valence-corrected chi connectivity index (χ3v) is 1.63. The van der Waals surface area contributed by atoms with E-state index in [0.717, 1.165) is 0 Å². The summed E-state index contributed by atoms with van der Waals surface area (Å²) >= 11 is 0. The van der Waals surface area contributed by atoms with Crippen LogP contribution in [0, 0.1) is 18.3 Å². The van der Waals surface area contributed by atoms with Crippen molar-refractivity contribution in [3.05, 3.63) is 0 Å². The Labute approximate surface area is 62.5 Å². The molecule has 0 atom stereocenters. The number of alkyl halides is 3. The second kappa shape index (κ2) is 2.74. The number of rotatable bonds is 1. The van der Waals surface area contributed by atoms with Gasteiger partial charge in [0.05, 0.1) is 6.10 Å². The Morgan fingerprint density at radius 1 is 1.36 bits per heavy atom. The smallest absolute Gasteiger partial charge is 0.288 e. The molecule has 4 heteroatoms. The molecule has 1 saturated carbocycles. The molecule has 11 heavy (non-hydrogen) atoms. The molecule has 0 amide bonds. The third-order valence-electron chi connectivity index (χ3n) is 1.63. The molecule has 1 fully saturated rings.